The van der Waals surface area contributed by atoms with Crippen LogP contribution in [0.25, 0.3) is 0 Å². The molecule has 1 saturated heterocycles. The number of carbonyl (C=O) groups excluding carboxylic acids is 1. The Labute approximate surface area is 158 Å². The molecule has 2 aromatic rings. The smallest absolute Gasteiger partial charge is 0.255 e. The van der Waals surface area contributed by atoms with Gasteiger partial charge in [0.1, 0.15) is 5.69 Å². The minimum Gasteiger partial charge on any atom is -0.454 e. The first-order valence-electron chi connectivity index (χ1n) is 9.12. The normalized spacial score (nSPS) is 15.6. The first-order valence-corrected chi connectivity index (χ1v) is 9.12. The summed E-state index contributed by atoms with van der Waals surface area (Å²) >= 11 is 0. The van der Waals surface area contributed by atoms with Crippen molar-refractivity contribution in [3.63, 3.8) is 0 Å². The van der Waals surface area contributed by atoms with E-state index in [2.05, 4.69) is 20.2 Å². The monoisotopic (exact) mass is 369 g/mol. The van der Waals surface area contributed by atoms with E-state index in [-0.39, 0.29) is 12.7 Å². The molecule has 142 valence electrons. The van der Waals surface area contributed by atoms with Crippen LogP contribution in [0.4, 0.5) is 17.5 Å². The molecule has 0 saturated carbocycles. The molecule has 8 nitrogen and oxygen atoms in total. The highest BCUT2D eigenvalue weighted by atomic mass is 16.7. The van der Waals surface area contributed by atoms with Crippen molar-refractivity contribution in [3.8, 4) is 11.5 Å². The van der Waals surface area contributed by atoms with Crippen LogP contribution in [0.3, 0.4) is 0 Å². The number of rotatable bonds is 4. The number of nitrogens with zero attached hydrogens (tertiary/aromatic N) is 4. The highest BCUT2D eigenvalue weighted by Gasteiger charge is 2.20. The second-order valence-electron chi connectivity index (χ2n) is 6.87. The number of carbonyl (C=O) groups is 1. The Morgan fingerprint density at radius 2 is 1.93 bits per heavy atom. The predicted molar refractivity (Wildman–Crippen MR) is 103 cm³/mol. The van der Waals surface area contributed by atoms with Crippen molar-refractivity contribution >= 4 is 23.4 Å². The number of benzene rings is 1. The Bertz CT molecular complexity index is 849. The van der Waals surface area contributed by atoms with Crippen LogP contribution in [0.1, 0.15) is 29.6 Å². The molecule has 0 spiro atoms. The zero-order valence-corrected chi connectivity index (χ0v) is 15.6. The van der Waals surface area contributed by atoms with E-state index in [0.717, 1.165) is 25.9 Å². The van der Waals surface area contributed by atoms with Crippen LogP contribution in [-0.4, -0.2) is 49.9 Å². The summed E-state index contributed by atoms with van der Waals surface area (Å²) in [4.78, 5) is 25.9. The van der Waals surface area contributed by atoms with Crippen LogP contribution in [0, 0.1) is 0 Å². The summed E-state index contributed by atoms with van der Waals surface area (Å²) in [6, 6.07) is 5.12. The summed E-state index contributed by atoms with van der Waals surface area (Å²) in [5.41, 5.74) is 1.06. The van der Waals surface area contributed by atoms with Crippen molar-refractivity contribution in [1.82, 2.24) is 9.97 Å². The Balaban J connectivity index is 1.56. The molecule has 1 aromatic carbocycles. The van der Waals surface area contributed by atoms with E-state index in [9.17, 15) is 4.79 Å². The Morgan fingerprint density at radius 1 is 1.15 bits per heavy atom. The lowest BCUT2D eigenvalue weighted by molar-refractivity contribution is 0.102. The fourth-order valence-corrected chi connectivity index (χ4v) is 3.27. The zero-order chi connectivity index (χ0) is 18.8. The van der Waals surface area contributed by atoms with Gasteiger partial charge >= 0.3 is 0 Å². The molecular formula is C19H23N5O3. The Morgan fingerprint density at radius 3 is 2.70 bits per heavy atom. The summed E-state index contributed by atoms with van der Waals surface area (Å²) < 4.78 is 10.6. The van der Waals surface area contributed by atoms with Crippen molar-refractivity contribution in [2.45, 2.75) is 19.3 Å². The van der Waals surface area contributed by atoms with E-state index in [4.69, 9.17) is 9.47 Å². The number of aromatic nitrogens is 2. The van der Waals surface area contributed by atoms with E-state index >= 15 is 0 Å². The van der Waals surface area contributed by atoms with E-state index in [1.165, 1.54) is 6.42 Å². The summed E-state index contributed by atoms with van der Waals surface area (Å²) in [6.45, 7) is 2.11. The molecule has 0 radical (unpaired) electrons. The largest absolute Gasteiger partial charge is 0.454 e. The highest BCUT2D eigenvalue weighted by molar-refractivity contribution is 6.06. The van der Waals surface area contributed by atoms with Gasteiger partial charge in [-0.1, -0.05) is 0 Å². The van der Waals surface area contributed by atoms with Crippen molar-refractivity contribution in [2.75, 3.05) is 49.1 Å². The third-order valence-corrected chi connectivity index (χ3v) is 4.70. The average Bonchev–Trinajstić information content (AvgIpc) is 3.16. The molecule has 2 aliphatic rings. The molecule has 1 amide bonds. The number of piperidine rings is 1. The molecule has 0 aliphatic carbocycles. The van der Waals surface area contributed by atoms with Crippen molar-refractivity contribution in [2.24, 2.45) is 0 Å². The number of amides is 1. The summed E-state index contributed by atoms with van der Waals surface area (Å²) in [5, 5.41) is 2.91. The van der Waals surface area contributed by atoms with E-state index in [1.807, 2.05) is 19.0 Å². The van der Waals surface area contributed by atoms with Crippen LogP contribution in [0.5, 0.6) is 11.5 Å². The van der Waals surface area contributed by atoms with E-state index < -0.39 is 0 Å². The molecule has 8 heteroatoms. The first kappa shape index (κ1) is 17.4. The molecular weight excluding hydrogens is 346 g/mol. The van der Waals surface area contributed by atoms with E-state index in [0.29, 0.717) is 34.5 Å². The fourth-order valence-electron chi connectivity index (χ4n) is 3.27. The van der Waals surface area contributed by atoms with Gasteiger partial charge in [-0.05, 0) is 37.5 Å². The van der Waals surface area contributed by atoms with Crippen LogP contribution >= 0.6 is 0 Å². The van der Waals surface area contributed by atoms with Crippen molar-refractivity contribution in [3.05, 3.63) is 30.0 Å². The lowest BCUT2D eigenvalue weighted by Gasteiger charge is -2.28. The topological polar surface area (TPSA) is 79.8 Å². The van der Waals surface area contributed by atoms with Crippen LogP contribution in [0.2, 0.25) is 0 Å². The van der Waals surface area contributed by atoms with Gasteiger partial charge in [0.05, 0.1) is 6.20 Å². The van der Waals surface area contributed by atoms with Gasteiger partial charge in [0, 0.05) is 32.7 Å². The Hall–Kier alpha value is -3.03. The molecule has 1 N–H and O–H groups in total. The maximum atomic E-state index is 12.7. The molecule has 1 fully saturated rings. The maximum absolute atomic E-state index is 12.7. The molecule has 3 heterocycles. The molecule has 4 rings (SSSR count). The summed E-state index contributed by atoms with van der Waals surface area (Å²) in [5.74, 6) is 2.37. The van der Waals surface area contributed by atoms with Gasteiger partial charge in [0.25, 0.3) is 5.91 Å². The summed E-state index contributed by atoms with van der Waals surface area (Å²) in [6.07, 6.45) is 5.24. The summed E-state index contributed by atoms with van der Waals surface area (Å²) in [7, 11) is 3.80. The van der Waals surface area contributed by atoms with Gasteiger partial charge in [-0.3, -0.25) is 4.79 Å². The number of fused-ring (bicyclic) bond motifs is 1. The number of nitrogens with one attached hydrogen (secondary N) is 1. The lowest BCUT2D eigenvalue weighted by Crippen LogP contribution is -2.31. The second-order valence-corrected chi connectivity index (χ2v) is 6.87. The molecule has 27 heavy (non-hydrogen) atoms. The maximum Gasteiger partial charge on any atom is 0.255 e. The number of anilines is 3. The predicted octanol–water partition coefficient (Wildman–Crippen LogP) is 2.51. The van der Waals surface area contributed by atoms with E-state index in [1.54, 1.807) is 24.4 Å². The van der Waals surface area contributed by atoms with Gasteiger partial charge in [-0.2, -0.15) is 4.98 Å². The fraction of sp³-hybridized carbons (Fsp3) is 0.421. The van der Waals surface area contributed by atoms with Gasteiger partial charge in [0.15, 0.2) is 17.3 Å². The molecule has 0 bridgehead atoms. The number of hydrogen-bond donors (Lipinski definition) is 1. The average molecular weight is 369 g/mol. The first-order chi connectivity index (χ1) is 13.1. The van der Waals surface area contributed by atoms with Crippen LogP contribution < -0.4 is 24.6 Å². The second kappa shape index (κ2) is 7.30. The molecule has 0 atom stereocenters. The van der Waals surface area contributed by atoms with Gasteiger partial charge in [-0.15, -0.1) is 0 Å². The minimum atomic E-state index is -0.245. The van der Waals surface area contributed by atoms with Gasteiger partial charge < -0.3 is 24.6 Å². The number of ether oxygens (including phenoxy) is 2. The third kappa shape index (κ3) is 3.60. The van der Waals surface area contributed by atoms with Gasteiger partial charge in [0.2, 0.25) is 12.7 Å². The van der Waals surface area contributed by atoms with Crippen LogP contribution in [-0.2, 0) is 0 Å². The standard InChI is InChI=1S/C19H23N5O3/c1-23(2)17-14(11-20-19(22-17)24-8-4-3-5-9-24)21-18(25)13-6-7-15-16(10-13)27-12-26-15/h6-7,10-11H,3-5,8-9,12H2,1-2H3,(H,21,25). The molecule has 1 aromatic heterocycles. The lowest BCUT2D eigenvalue weighted by atomic mass is 10.1. The minimum absolute atomic E-state index is 0.178. The molecule has 2 aliphatic heterocycles. The third-order valence-electron chi connectivity index (χ3n) is 4.70. The SMILES string of the molecule is CN(C)c1nc(N2CCCCC2)ncc1NC(=O)c1ccc2c(c1)OCO2. The quantitative estimate of drug-likeness (QED) is 0.887. The Kier molecular flexibility index (Phi) is 4.70. The zero-order valence-electron chi connectivity index (χ0n) is 15.6. The molecule has 0 unspecified atom stereocenters. The van der Waals surface area contributed by atoms with Crippen molar-refractivity contribution in [1.29, 1.82) is 0 Å². The highest BCUT2D eigenvalue weighted by Crippen LogP contribution is 2.33. The van der Waals surface area contributed by atoms with Crippen molar-refractivity contribution < 1.29 is 14.3 Å². The number of hydrogen-bond acceptors (Lipinski definition) is 7. The van der Waals surface area contributed by atoms with Gasteiger partial charge in [-0.25, -0.2) is 4.98 Å². The van der Waals surface area contributed by atoms with Crippen LogP contribution in [0.15, 0.2) is 24.4 Å².